The Labute approximate surface area is 280 Å². The van der Waals surface area contributed by atoms with Crippen molar-refractivity contribution in [3.63, 3.8) is 0 Å². The SMILES string of the molecule is CCCCN1C(=O)[C@H](CC(C)C)NC(=O)C12CCN(Cc1c(C)nn(-c3ccc(C(=O)N4CCOCC4)cc3)c1C)CC2.Cl.Cl. The molecule has 0 saturated carbocycles. The molecule has 0 radical (unpaired) electrons. The molecule has 0 aliphatic carbocycles. The zero-order valence-electron chi connectivity index (χ0n) is 27.3. The number of hydrogen-bond acceptors (Lipinski definition) is 6. The fourth-order valence-electron chi connectivity index (χ4n) is 6.80. The number of amides is 3. The number of aryl methyl sites for hydroxylation is 1. The molecule has 12 heteroatoms. The normalized spacial score (nSPS) is 20.2. The Balaban J connectivity index is 0.00000276. The Morgan fingerprint density at radius 1 is 1.04 bits per heavy atom. The van der Waals surface area contributed by atoms with Crippen LogP contribution in [0.1, 0.15) is 80.2 Å². The molecule has 3 fully saturated rings. The van der Waals surface area contributed by atoms with E-state index in [0.29, 0.717) is 63.6 Å². The van der Waals surface area contributed by atoms with Gasteiger partial charge in [-0.15, -0.1) is 24.8 Å². The molecular formula is C33H50Cl2N6O4. The van der Waals surface area contributed by atoms with Crippen LogP contribution in [-0.4, -0.2) is 99.7 Å². The fourth-order valence-corrected chi connectivity index (χ4v) is 6.80. The molecule has 2 aromatic rings. The van der Waals surface area contributed by atoms with Crippen molar-refractivity contribution in [1.29, 1.82) is 0 Å². The number of nitrogens with zero attached hydrogens (tertiary/aromatic N) is 5. The number of likely N-dealkylation sites (tertiary alicyclic amines) is 1. The smallest absolute Gasteiger partial charge is 0.254 e. The highest BCUT2D eigenvalue weighted by Crippen LogP contribution is 2.35. The lowest BCUT2D eigenvalue weighted by Gasteiger charge is -2.52. The minimum absolute atomic E-state index is 0. The molecule has 3 saturated heterocycles. The molecule has 3 aliphatic heterocycles. The Morgan fingerprint density at radius 2 is 1.69 bits per heavy atom. The Morgan fingerprint density at radius 3 is 2.29 bits per heavy atom. The predicted octanol–water partition coefficient (Wildman–Crippen LogP) is 4.31. The molecule has 1 spiro atoms. The van der Waals surface area contributed by atoms with Crippen molar-refractivity contribution in [2.45, 2.75) is 84.8 Å². The average Bonchev–Trinajstić information content (AvgIpc) is 3.29. The maximum Gasteiger partial charge on any atom is 0.254 e. The van der Waals surface area contributed by atoms with Gasteiger partial charge in [0.05, 0.1) is 24.6 Å². The molecule has 5 rings (SSSR count). The van der Waals surface area contributed by atoms with Gasteiger partial charge in [-0.05, 0) is 69.7 Å². The van der Waals surface area contributed by atoms with E-state index in [1.165, 1.54) is 5.56 Å². The molecule has 3 amide bonds. The largest absolute Gasteiger partial charge is 0.378 e. The van der Waals surface area contributed by atoms with Gasteiger partial charge < -0.3 is 19.9 Å². The summed E-state index contributed by atoms with van der Waals surface area (Å²) in [6.07, 6.45) is 3.82. The van der Waals surface area contributed by atoms with Crippen LogP contribution in [-0.2, 0) is 20.9 Å². The molecule has 45 heavy (non-hydrogen) atoms. The van der Waals surface area contributed by atoms with Crippen molar-refractivity contribution in [3.8, 4) is 5.69 Å². The van der Waals surface area contributed by atoms with Crippen molar-refractivity contribution in [2.75, 3.05) is 45.9 Å². The summed E-state index contributed by atoms with van der Waals surface area (Å²) in [6.45, 7) is 15.7. The molecule has 1 N–H and O–H groups in total. The molecule has 0 bridgehead atoms. The van der Waals surface area contributed by atoms with Crippen LogP contribution in [0.4, 0.5) is 0 Å². The lowest BCUT2D eigenvalue weighted by atomic mass is 9.80. The highest BCUT2D eigenvalue weighted by atomic mass is 35.5. The molecule has 10 nitrogen and oxygen atoms in total. The maximum absolute atomic E-state index is 13.6. The molecule has 250 valence electrons. The molecule has 1 aromatic carbocycles. The van der Waals surface area contributed by atoms with Crippen molar-refractivity contribution in [3.05, 3.63) is 46.8 Å². The number of carbonyl (C=O) groups is 3. The summed E-state index contributed by atoms with van der Waals surface area (Å²) < 4.78 is 7.33. The summed E-state index contributed by atoms with van der Waals surface area (Å²) in [5, 5.41) is 7.96. The van der Waals surface area contributed by atoms with Crippen LogP contribution in [0.25, 0.3) is 5.69 Å². The van der Waals surface area contributed by atoms with Crippen molar-refractivity contribution < 1.29 is 19.1 Å². The summed E-state index contributed by atoms with van der Waals surface area (Å²) in [7, 11) is 0. The molecule has 3 aliphatic rings. The zero-order valence-corrected chi connectivity index (χ0v) is 29.0. The summed E-state index contributed by atoms with van der Waals surface area (Å²) in [4.78, 5) is 46.2. The van der Waals surface area contributed by atoms with Crippen LogP contribution in [0.2, 0.25) is 0 Å². The number of nitrogens with one attached hydrogen (secondary N) is 1. The van der Waals surface area contributed by atoms with Gasteiger partial charge in [-0.25, -0.2) is 4.68 Å². The fraction of sp³-hybridized carbons (Fsp3) is 0.636. The van der Waals surface area contributed by atoms with E-state index in [4.69, 9.17) is 9.84 Å². The van der Waals surface area contributed by atoms with E-state index in [-0.39, 0.29) is 42.5 Å². The highest BCUT2D eigenvalue weighted by Gasteiger charge is 2.53. The number of aromatic nitrogens is 2. The number of carbonyl (C=O) groups excluding carboxylic acids is 3. The van der Waals surface area contributed by atoms with Gasteiger partial charge in [0.2, 0.25) is 11.8 Å². The van der Waals surface area contributed by atoms with Gasteiger partial charge in [0, 0.05) is 56.1 Å². The number of ether oxygens (including phenoxy) is 1. The minimum atomic E-state index is -0.759. The average molecular weight is 666 g/mol. The van der Waals surface area contributed by atoms with E-state index >= 15 is 0 Å². The first-order valence-corrected chi connectivity index (χ1v) is 16.0. The number of benzene rings is 1. The van der Waals surface area contributed by atoms with Crippen LogP contribution < -0.4 is 5.32 Å². The van der Waals surface area contributed by atoms with Crippen LogP contribution in [0, 0.1) is 19.8 Å². The van der Waals surface area contributed by atoms with Gasteiger partial charge in [-0.1, -0.05) is 27.2 Å². The minimum Gasteiger partial charge on any atom is -0.378 e. The Hall–Kier alpha value is -2.66. The second-order valence-electron chi connectivity index (χ2n) is 12.8. The number of piperazine rings is 1. The number of morpholine rings is 1. The van der Waals surface area contributed by atoms with Crippen LogP contribution >= 0.6 is 24.8 Å². The lowest BCUT2D eigenvalue weighted by Crippen LogP contribution is -2.73. The summed E-state index contributed by atoms with van der Waals surface area (Å²) >= 11 is 0. The van der Waals surface area contributed by atoms with Crippen molar-refractivity contribution in [1.82, 2.24) is 29.8 Å². The van der Waals surface area contributed by atoms with Gasteiger partial charge in [0.25, 0.3) is 5.91 Å². The second-order valence-corrected chi connectivity index (χ2v) is 12.8. The van der Waals surface area contributed by atoms with E-state index in [1.807, 2.05) is 45.7 Å². The standard InChI is InChI=1S/C33H48N6O4.2ClH/c1-6-7-14-38-31(41)29(21-23(2)3)34-32(42)33(38)12-15-36(16-13-33)22-28-24(4)35-39(25(28)5)27-10-8-26(9-11-27)30(40)37-17-19-43-20-18-37;;/h8-11,23,29H,6-7,12-22H2,1-5H3,(H,34,42);2*1H/t29-;;/m0../s1. The van der Waals surface area contributed by atoms with E-state index < -0.39 is 11.6 Å². The molecule has 1 aromatic heterocycles. The third-order valence-corrected chi connectivity index (χ3v) is 9.41. The third kappa shape index (κ3) is 7.67. The second kappa shape index (κ2) is 15.8. The number of unbranched alkanes of at least 4 members (excludes halogenated alkanes) is 1. The molecule has 1 atom stereocenters. The van der Waals surface area contributed by atoms with Gasteiger partial charge in [0.15, 0.2) is 0 Å². The quantitative estimate of drug-likeness (QED) is 0.429. The molecular weight excluding hydrogens is 615 g/mol. The number of halogens is 2. The lowest BCUT2D eigenvalue weighted by molar-refractivity contribution is -0.161. The number of piperidine rings is 1. The summed E-state index contributed by atoms with van der Waals surface area (Å²) in [5.74, 6) is 0.468. The Kier molecular flexibility index (Phi) is 12.9. The Bertz CT molecular complexity index is 1320. The van der Waals surface area contributed by atoms with E-state index in [9.17, 15) is 14.4 Å². The number of hydrogen-bond donors (Lipinski definition) is 1. The van der Waals surface area contributed by atoms with E-state index in [1.54, 1.807) is 0 Å². The molecule has 0 unspecified atom stereocenters. The van der Waals surface area contributed by atoms with Crippen molar-refractivity contribution in [2.24, 2.45) is 5.92 Å². The maximum atomic E-state index is 13.6. The van der Waals surface area contributed by atoms with Gasteiger partial charge in [-0.2, -0.15) is 5.10 Å². The predicted molar refractivity (Wildman–Crippen MR) is 180 cm³/mol. The monoisotopic (exact) mass is 664 g/mol. The van der Waals surface area contributed by atoms with Gasteiger partial charge in [0.1, 0.15) is 11.6 Å². The van der Waals surface area contributed by atoms with Crippen molar-refractivity contribution >= 4 is 42.5 Å². The van der Waals surface area contributed by atoms with Crippen LogP contribution in [0.15, 0.2) is 24.3 Å². The first kappa shape index (κ1) is 36.8. The first-order chi connectivity index (χ1) is 20.6. The summed E-state index contributed by atoms with van der Waals surface area (Å²) in [5.41, 5.74) is 4.04. The third-order valence-electron chi connectivity index (χ3n) is 9.41. The topological polar surface area (TPSA) is 100 Å². The first-order valence-electron chi connectivity index (χ1n) is 16.0. The van der Waals surface area contributed by atoms with E-state index in [2.05, 4.69) is 37.9 Å². The number of rotatable bonds is 9. The highest BCUT2D eigenvalue weighted by molar-refractivity contribution is 6.00. The van der Waals surface area contributed by atoms with Gasteiger partial charge in [-0.3, -0.25) is 19.3 Å². The van der Waals surface area contributed by atoms with Crippen LogP contribution in [0.3, 0.4) is 0 Å². The molecule has 4 heterocycles. The van der Waals surface area contributed by atoms with Crippen LogP contribution in [0.5, 0.6) is 0 Å². The van der Waals surface area contributed by atoms with E-state index in [0.717, 1.165) is 49.6 Å². The summed E-state index contributed by atoms with van der Waals surface area (Å²) in [6, 6.07) is 7.24. The zero-order chi connectivity index (χ0) is 30.7. The van der Waals surface area contributed by atoms with Gasteiger partial charge >= 0.3 is 0 Å².